The summed E-state index contributed by atoms with van der Waals surface area (Å²) in [6.07, 6.45) is 0.669. The normalized spacial score (nSPS) is 27.2. The predicted molar refractivity (Wildman–Crippen MR) is 63.0 cm³/mol. The van der Waals surface area contributed by atoms with Crippen LogP contribution in [0.1, 0.15) is 18.9 Å². The first-order valence-electron chi connectivity index (χ1n) is 5.48. The predicted octanol–water partition coefficient (Wildman–Crippen LogP) is 1.31. The second-order valence-electron chi connectivity index (χ2n) is 4.22. The molecule has 1 fully saturated rings. The molecule has 92 valence electrons. The fraction of sp³-hybridized carbons (Fsp3) is 0.417. The molecule has 0 saturated carbocycles. The summed E-state index contributed by atoms with van der Waals surface area (Å²) in [5.74, 6) is -0.850. The molecular formula is C12H14O4S. The average molecular weight is 254 g/mol. The lowest BCUT2D eigenvalue weighted by Gasteiger charge is -2.23. The molecule has 1 atom stereocenters. The van der Waals surface area contributed by atoms with Gasteiger partial charge in [0.1, 0.15) is 5.75 Å². The molecule has 0 radical (unpaired) electrons. The van der Waals surface area contributed by atoms with Gasteiger partial charge in [0, 0.05) is 6.42 Å². The van der Waals surface area contributed by atoms with Gasteiger partial charge in [-0.2, -0.15) is 8.42 Å². The van der Waals surface area contributed by atoms with Gasteiger partial charge in [-0.1, -0.05) is 37.3 Å². The zero-order valence-corrected chi connectivity index (χ0v) is 10.4. The van der Waals surface area contributed by atoms with Crippen molar-refractivity contribution < 1.29 is 17.4 Å². The number of ketones is 1. The molecule has 0 aliphatic carbocycles. The third-order valence-electron chi connectivity index (χ3n) is 3.01. The van der Waals surface area contributed by atoms with Gasteiger partial charge in [-0.05, 0) is 12.0 Å². The van der Waals surface area contributed by atoms with Crippen molar-refractivity contribution in [2.24, 2.45) is 0 Å². The van der Waals surface area contributed by atoms with E-state index in [1.165, 1.54) is 0 Å². The number of Topliss-reactive ketones (excluding diaryl/α,β-unsaturated/α-hetero) is 1. The first kappa shape index (κ1) is 12.3. The summed E-state index contributed by atoms with van der Waals surface area (Å²) < 4.78 is 27.7. The van der Waals surface area contributed by atoms with E-state index in [0.29, 0.717) is 12.8 Å². The minimum Gasteiger partial charge on any atom is -0.295 e. The molecule has 1 aromatic rings. The smallest absolute Gasteiger partial charge is 0.275 e. The van der Waals surface area contributed by atoms with E-state index in [2.05, 4.69) is 0 Å². The highest BCUT2D eigenvalue weighted by molar-refractivity contribution is 7.88. The third kappa shape index (κ3) is 2.40. The quantitative estimate of drug-likeness (QED) is 0.763. The molecular weight excluding hydrogens is 240 g/mol. The first-order chi connectivity index (χ1) is 7.97. The molecule has 0 aromatic heterocycles. The van der Waals surface area contributed by atoms with Gasteiger partial charge in [0.15, 0.2) is 11.4 Å². The highest BCUT2D eigenvalue weighted by Gasteiger charge is 2.49. The molecule has 4 nitrogen and oxygen atoms in total. The summed E-state index contributed by atoms with van der Waals surface area (Å²) >= 11 is 0. The lowest BCUT2D eigenvalue weighted by molar-refractivity contribution is -0.128. The highest BCUT2D eigenvalue weighted by atomic mass is 32.2. The zero-order valence-electron chi connectivity index (χ0n) is 9.55. The SMILES string of the molecule is CCC1(Cc2ccccc2)OS(=O)(=O)CC1=O. The van der Waals surface area contributed by atoms with Gasteiger partial charge >= 0.3 is 0 Å². The van der Waals surface area contributed by atoms with Crippen LogP contribution >= 0.6 is 0 Å². The molecule has 2 rings (SSSR count). The number of carbonyl (C=O) groups excluding carboxylic acids is 1. The summed E-state index contributed by atoms with van der Waals surface area (Å²) in [6.45, 7) is 1.77. The van der Waals surface area contributed by atoms with Crippen molar-refractivity contribution in [3.8, 4) is 0 Å². The Labute approximate surface area is 101 Å². The molecule has 1 aliphatic rings. The van der Waals surface area contributed by atoms with Crippen LogP contribution < -0.4 is 0 Å². The third-order valence-corrected chi connectivity index (χ3v) is 4.19. The Balaban J connectivity index is 2.31. The monoisotopic (exact) mass is 254 g/mol. The summed E-state index contributed by atoms with van der Waals surface area (Å²) in [7, 11) is -3.68. The molecule has 17 heavy (non-hydrogen) atoms. The standard InChI is InChI=1S/C12H14O4S/c1-2-12(8-10-6-4-3-5-7-10)11(13)9-17(14,15)16-12/h3-7H,2,8-9H2,1H3. The molecule has 5 heteroatoms. The Morgan fingerprint density at radius 3 is 2.41 bits per heavy atom. The van der Waals surface area contributed by atoms with E-state index in [0.717, 1.165) is 5.56 Å². The Morgan fingerprint density at radius 1 is 1.29 bits per heavy atom. The minimum absolute atomic E-state index is 0.308. The van der Waals surface area contributed by atoms with E-state index in [4.69, 9.17) is 4.18 Å². The van der Waals surface area contributed by atoms with Crippen molar-refractivity contribution in [2.75, 3.05) is 5.75 Å². The van der Waals surface area contributed by atoms with Crippen molar-refractivity contribution in [3.63, 3.8) is 0 Å². The first-order valence-corrected chi connectivity index (χ1v) is 7.06. The second kappa shape index (κ2) is 4.23. The van der Waals surface area contributed by atoms with Gasteiger partial charge in [0.25, 0.3) is 10.1 Å². The van der Waals surface area contributed by atoms with Gasteiger partial charge in [-0.3, -0.25) is 8.98 Å². The fourth-order valence-electron chi connectivity index (χ4n) is 2.05. The van der Waals surface area contributed by atoms with E-state index in [1.807, 2.05) is 30.3 Å². The minimum atomic E-state index is -3.68. The van der Waals surface area contributed by atoms with E-state index >= 15 is 0 Å². The topological polar surface area (TPSA) is 60.4 Å². The largest absolute Gasteiger partial charge is 0.295 e. The Hall–Kier alpha value is -1.20. The van der Waals surface area contributed by atoms with Crippen LogP contribution in [-0.2, 0) is 25.5 Å². The van der Waals surface area contributed by atoms with Crippen molar-refractivity contribution in [3.05, 3.63) is 35.9 Å². The van der Waals surface area contributed by atoms with E-state index < -0.39 is 21.5 Å². The summed E-state index contributed by atoms with van der Waals surface area (Å²) in [5, 5.41) is 0. The molecule has 0 bridgehead atoms. The van der Waals surface area contributed by atoms with Gasteiger partial charge in [-0.15, -0.1) is 0 Å². The maximum absolute atomic E-state index is 11.8. The molecule has 1 aromatic carbocycles. The lowest BCUT2D eigenvalue weighted by Crippen LogP contribution is -2.38. The zero-order chi connectivity index (χ0) is 12.5. The van der Waals surface area contributed by atoms with Crippen LogP contribution in [0.5, 0.6) is 0 Å². The van der Waals surface area contributed by atoms with Gasteiger partial charge in [0.05, 0.1) is 0 Å². The van der Waals surface area contributed by atoms with Crippen molar-refractivity contribution in [1.82, 2.24) is 0 Å². The average Bonchev–Trinajstić information content (AvgIpc) is 2.50. The van der Waals surface area contributed by atoms with Gasteiger partial charge in [-0.25, -0.2) is 0 Å². The van der Waals surface area contributed by atoms with E-state index in [9.17, 15) is 13.2 Å². The van der Waals surface area contributed by atoms with Crippen LogP contribution in [0.4, 0.5) is 0 Å². The maximum Gasteiger partial charge on any atom is 0.275 e. The Kier molecular flexibility index (Phi) is 3.05. The molecule has 1 saturated heterocycles. The lowest BCUT2D eigenvalue weighted by atomic mass is 9.88. The van der Waals surface area contributed by atoms with E-state index in [1.54, 1.807) is 6.92 Å². The number of rotatable bonds is 3. The van der Waals surface area contributed by atoms with Crippen molar-refractivity contribution >= 4 is 15.9 Å². The molecule has 0 N–H and O–H groups in total. The number of benzene rings is 1. The van der Waals surface area contributed by atoms with Crippen LogP contribution in [-0.4, -0.2) is 25.6 Å². The second-order valence-corrected chi connectivity index (χ2v) is 5.79. The maximum atomic E-state index is 11.8. The van der Waals surface area contributed by atoms with Crippen LogP contribution in [0.25, 0.3) is 0 Å². The number of carbonyl (C=O) groups is 1. The number of hydrogen-bond acceptors (Lipinski definition) is 4. The summed E-state index contributed by atoms with van der Waals surface area (Å²) in [6, 6.07) is 9.30. The molecule has 1 unspecified atom stereocenters. The van der Waals surface area contributed by atoms with Crippen molar-refractivity contribution in [2.45, 2.75) is 25.4 Å². The molecule has 1 heterocycles. The highest BCUT2D eigenvalue weighted by Crippen LogP contribution is 2.31. The van der Waals surface area contributed by atoms with Crippen LogP contribution in [0.2, 0.25) is 0 Å². The van der Waals surface area contributed by atoms with Crippen molar-refractivity contribution in [1.29, 1.82) is 0 Å². The molecule has 1 aliphatic heterocycles. The Morgan fingerprint density at radius 2 is 1.94 bits per heavy atom. The summed E-state index contributed by atoms with van der Waals surface area (Å²) in [5.41, 5.74) is -0.292. The number of hydrogen-bond donors (Lipinski definition) is 0. The molecule has 0 amide bonds. The molecule has 0 spiro atoms. The fourth-order valence-corrected chi connectivity index (χ4v) is 3.44. The summed E-state index contributed by atoms with van der Waals surface area (Å²) in [4.78, 5) is 11.8. The van der Waals surface area contributed by atoms with Crippen LogP contribution in [0.3, 0.4) is 0 Å². The Bertz CT molecular complexity index is 521. The van der Waals surface area contributed by atoms with Gasteiger partial charge in [0.2, 0.25) is 0 Å². The van der Waals surface area contributed by atoms with Crippen LogP contribution in [0, 0.1) is 0 Å². The van der Waals surface area contributed by atoms with Crippen LogP contribution in [0.15, 0.2) is 30.3 Å². The van der Waals surface area contributed by atoms with E-state index in [-0.39, 0.29) is 5.78 Å². The van der Waals surface area contributed by atoms with Gasteiger partial charge < -0.3 is 0 Å².